The molecule has 0 spiro atoms. The molecule has 0 aromatic heterocycles. The summed E-state index contributed by atoms with van der Waals surface area (Å²) in [6.45, 7) is 0. The molecular formula is C6H8O. The molecule has 1 aliphatic rings. The monoisotopic (exact) mass is 112 g/mol. The van der Waals surface area contributed by atoms with E-state index in [4.69, 9.17) is 11.0 Å². The van der Waals surface area contributed by atoms with Crippen LogP contribution in [-0.4, -0.2) is 5.78 Å². The van der Waals surface area contributed by atoms with Crippen molar-refractivity contribution in [2.75, 3.05) is 0 Å². The van der Waals surface area contributed by atoms with Crippen LogP contribution < -0.4 is 0 Å². The average molecular weight is 112 g/mol. The number of allylic oxidation sites excluding steroid dienone is 2. The second-order valence-electron chi connectivity index (χ2n) is 0.954. The maximum absolute atomic E-state index is 11.2. The topological polar surface area (TPSA) is 17.1 Å². The van der Waals surface area contributed by atoms with E-state index >= 15 is 0 Å². The molecule has 1 nitrogen and oxygen atoms in total. The van der Waals surface area contributed by atoms with Crippen LogP contribution in [0.5, 0.6) is 0 Å². The molecule has 38 valence electrons. The Morgan fingerprint density at radius 3 is 3.71 bits per heavy atom. The lowest BCUT2D eigenvalue weighted by Gasteiger charge is -1.97. The van der Waals surface area contributed by atoms with Crippen LogP contribution in [0.2, 0.25) is 0 Å². The molecule has 0 N–H and O–H groups in total. The summed E-state index contributed by atoms with van der Waals surface area (Å²) in [7, 11) is 0. The molecular weight excluding hydrogens is 88.1 g/mol. The highest BCUT2D eigenvalue weighted by Gasteiger charge is 1.98. The van der Waals surface area contributed by atoms with Crippen LogP contribution in [0.25, 0.3) is 0 Å². The van der Waals surface area contributed by atoms with Gasteiger partial charge in [0.05, 0.1) is 2.74 Å². The highest BCUT2D eigenvalue weighted by molar-refractivity contribution is 5.90. The van der Waals surface area contributed by atoms with Crippen LogP contribution in [0.1, 0.15) is 30.1 Å². The fourth-order valence-corrected chi connectivity index (χ4v) is 0.239. The molecule has 1 heteroatoms. The SMILES string of the molecule is [3H]C1=C([3H])C([3H])([3H])C([3H])([3H])C([3H])([3H])C1=O. The lowest BCUT2D eigenvalue weighted by Crippen LogP contribution is -1.95. The summed E-state index contributed by atoms with van der Waals surface area (Å²) < 4.78 is 57.5. The van der Waals surface area contributed by atoms with Crippen LogP contribution in [-0.2, 0) is 4.79 Å². The minimum Gasteiger partial charge on any atom is -0.295 e. The van der Waals surface area contributed by atoms with Crippen molar-refractivity contribution in [1.29, 1.82) is 0 Å². The molecule has 1 aliphatic carbocycles. The van der Waals surface area contributed by atoms with Crippen molar-refractivity contribution < 1.29 is 15.8 Å². The molecule has 0 fully saturated rings. The molecule has 0 amide bonds. The highest BCUT2D eigenvalue weighted by Crippen LogP contribution is 2.04. The molecule has 0 radical (unpaired) electrons. The van der Waals surface area contributed by atoms with Crippen molar-refractivity contribution in [2.45, 2.75) is 19.1 Å². The first-order valence-electron chi connectivity index (χ1n) is 5.70. The Morgan fingerprint density at radius 2 is 2.86 bits per heavy atom. The van der Waals surface area contributed by atoms with Gasteiger partial charge in [0.1, 0.15) is 0 Å². The number of hydrogen-bond acceptors (Lipinski definition) is 1. The molecule has 0 aromatic rings. The Kier molecular flexibility index (Phi) is 0.247. The summed E-state index contributed by atoms with van der Waals surface area (Å²) >= 11 is 0. The summed E-state index contributed by atoms with van der Waals surface area (Å²) in [6.07, 6.45) is -9.27. The minimum absolute atomic E-state index is 1.11. The Morgan fingerprint density at radius 1 is 2.00 bits per heavy atom. The lowest BCUT2D eigenvalue weighted by atomic mass is 10.1. The van der Waals surface area contributed by atoms with Crippen molar-refractivity contribution in [3.8, 4) is 0 Å². The maximum Gasteiger partial charge on any atom is 0.155 e. The Hall–Kier alpha value is -0.590. The third kappa shape index (κ3) is 1.15. The van der Waals surface area contributed by atoms with E-state index in [1.165, 1.54) is 0 Å². The number of hydrogen-bond donors (Lipinski definition) is 0. The number of ketones is 1. The van der Waals surface area contributed by atoms with Crippen LogP contribution in [0.15, 0.2) is 12.1 Å². The predicted molar refractivity (Wildman–Crippen MR) is 28.0 cm³/mol. The van der Waals surface area contributed by atoms with E-state index in [9.17, 15) is 4.79 Å². The summed E-state index contributed by atoms with van der Waals surface area (Å²) in [6, 6.07) is -2.23. The van der Waals surface area contributed by atoms with Crippen LogP contribution in [0.3, 0.4) is 0 Å². The highest BCUT2D eigenvalue weighted by atomic mass is 16.1. The van der Waals surface area contributed by atoms with Gasteiger partial charge in [0.15, 0.2) is 5.78 Å². The Labute approximate surface area is 54.3 Å². The number of rotatable bonds is 0. The third-order valence-corrected chi connectivity index (χ3v) is 0.477. The van der Waals surface area contributed by atoms with E-state index in [1.807, 2.05) is 0 Å². The molecule has 7 heavy (non-hydrogen) atoms. The fourth-order valence-electron chi connectivity index (χ4n) is 0.239. The van der Waals surface area contributed by atoms with Gasteiger partial charge < -0.3 is 0 Å². The van der Waals surface area contributed by atoms with Crippen molar-refractivity contribution >= 4 is 5.78 Å². The quantitative estimate of drug-likeness (QED) is 0.461. The molecule has 0 aromatic carbocycles. The van der Waals surface area contributed by atoms with E-state index in [0.717, 1.165) is 0 Å². The van der Waals surface area contributed by atoms with Gasteiger partial charge in [-0.3, -0.25) is 4.79 Å². The van der Waals surface area contributed by atoms with Crippen LogP contribution in [0, 0.1) is 0 Å². The molecule has 0 atom stereocenters. The molecule has 0 heterocycles. The van der Waals surface area contributed by atoms with Gasteiger partial charge in [0, 0.05) is 14.6 Å². The molecule has 0 aliphatic heterocycles. The van der Waals surface area contributed by atoms with Crippen LogP contribution >= 0.6 is 0 Å². The maximum atomic E-state index is 11.2. The van der Waals surface area contributed by atoms with Crippen molar-refractivity contribution in [3.63, 3.8) is 0 Å². The molecule has 0 bridgehead atoms. The van der Waals surface area contributed by atoms with Crippen molar-refractivity contribution in [2.24, 2.45) is 0 Å². The summed E-state index contributed by atoms with van der Waals surface area (Å²) in [4.78, 5) is 11.2. The fraction of sp³-hybridized carbons (Fsp3) is 0.500. The van der Waals surface area contributed by atoms with E-state index in [2.05, 4.69) is 0 Å². The number of carbonyl (C=O) groups excluding carboxylic acids is 1. The number of carbonyl (C=O) groups is 1. The van der Waals surface area contributed by atoms with Crippen LogP contribution in [0.4, 0.5) is 0 Å². The van der Waals surface area contributed by atoms with E-state index in [0.29, 0.717) is 0 Å². The van der Waals surface area contributed by atoms with Gasteiger partial charge in [-0.25, -0.2) is 0 Å². The zero-order chi connectivity index (χ0) is 12.2. The first-order chi connectivity index (χ1) is 6.48. The molecule has 0 saturated carbocycles. The van der Waals surface area contributed by atoms with Gasteiger partial charge in [-0.05, 0) is 18.8 Å². The molecule has 0 saturated heterocycles. The van der Waals surface area contributed by atoms with Gasteiger partial charge in [-0.2, -0.15) is 0 Å². The van der Waals surface area contributed by atoms with Gasteiger partial charge in [0.25, 0.3) is 0 Å². The smallest absolute Gasteiger partial charge is 0.155 e. The molecule has 1 rings (SSSR count). The van der Waals surface area contributed by atoms with E-state index < -0.39 is 37.0 Å². The van der Waals surface area contributed by atoms with E-state index in [1.54, 1.807) is 0 Å². The standard InChI is InChI=1S/C6H8O/c7-6-4-2-1-3-5-6/h2,4H,1,3,5H2/i1T2,2T,3T2,4T,5T2. The molecule has 0 unspecified atom stereocenters. The second-order valence-corrected chi connectivity index (χ2v) is 0.954. The first kappa shape index (κ1) is 0.903. The summed E-state index contributed by atoms with van der Waals surface area (Å²) in [5.74, 6) is -1.49. The van der Waals surface area contributed by atoms with Gasteiger partial charge >= 0.3 is 0 Å². The first-order valence-corrected chi connectivity index (χ1v) is 1.70. The summed E-state index contributed by atoms with van der Waals surface area (Å²) in [5, 5.41) is 0. The van der Waals surface area contributed by atoms with Gasteiger partial charge in [0.2, 0.25) is 0 Å². The average Bonchev–Trinajstić information content (AvgIpc) is 2.12. The Balaban J connectivity index is 3.56. The zero-order valence-electron chi connectivity index (χ0n) is 11.4. The normalized spacial score (nSPS) is 61.4. The van der Waals surface area contributed by atoms with Crippen molar-refractivity contribution in [1.82, 2.24) is 0 Å². The Bertz CT molecular complexity index is 354. The summed E-state index contributed by atoms with van der Waals surface area (Å²) in [5.41, 5.74) is 0. The third-order valence-electron chi connectivity index (χ3n) is 0.477. The van der Waals surface area contributed by atoms with Crippen molar-refractivity contribution in [3.05, 3.63) is 12.1 Å². The van der Waals surface area contributed by atoms with Gasteiger partial charge in [-0.15, -0.1) is 0 Å². The van der Waals surface area contributed by atoms with E-state index in [-0.39, 0.29) is 0 Å². The second kappa shape index (κ2) is 1.92. The minimum atomic E-state index is -3.15. The predicted octanol–water partition coefficient (Wildman–Crippen LogP) is 1.30. The lowest BCUT2D eigenvalue weighted by molar-refractivity contribution is -0.114. The largest absolute Gasteiger partial charge is 0.295 e. The zero-order valence-corrected chi connectivity index (χ0v) is 3.41. The van der Waals surface area contributed by atoms with Gasteiger partial charge in [-0.1, -0.05) is 6.05 Å².